The van der Waals surface area contributed by atoms with Gasteiger partial charge in [-0.05, 0) is 44.9 Å². The van der Waals surface area contributed by atoms with Gasteiger partial charge in [-0.1, -0.05) is 12.1 Å². The van der Waals surface area contributed by atoms with E-state index in [-0.39, 0.29) is 0 Å². The Kier molecular flexibility index (Phi) is 3.66. The molecule has 2 rings (SSSR count). The summed E-state index contributed by atoms with van der Waals surface area (Å²) in [6.07, 6.45) is 0. The molecule has 0 fully saturated rings. The maximum absolute atomic E-state index is 5.47. The monoisotopic (exact) mass is 257 g/mol. The molecule has 5 nitrogen and oxygen atoms in total. The molecule has 0 spiro atoms. The summed E-state index contributed by atoms with van der Waals surface area (Å²) in [7, 11) is 0. The van der Waals surface area contributed by atoms with Crippen molar-refractivity contribution in [3.63, 3.8) is 0 Å². The van der Waals surface area contributed by atoms with Gasteiger partial charge in [-0.15, -0.1) is 0 Å². The van der Waals surface area contributed by atoms with Crippen molar-refractivity contribution in [1.29, 1.82) is 0 Å². The molecule has 1 aromatic carbocycles. The fourth-order valence-electron chi connectivity index (χ4n) is 1.90. The molecule has 0 aliphatic heterocycles. The third kappa shape index (κ3) is 2.66. The fraction of sp³-hybridized carbons (Fsp3) is 0.286. The van der Waals surface area contributed by atoms with Crippen LogP contribution in [0.25, 0.3) is 0 Å². The van der Waals surface area contributed by atoms with E-state index in [9.17, 15) is 0 Å². The normalized spacial score (nSPS) is 10.4. The molecule has 0 aliphatic rings. The van der Waals surface area contributed by atoms with Crippen LogP contribution in [0.1, 0.15) is 22.5 Å². The van der Waals surface area contributed by atoms with Gasteiger partial charge in [0.1, 0.15) is 17.5 Å². The fourth-order valence-corrected chi connectivity index (χ4v) is 1.90. The van der Waals surface area contributed by atoms with Gasteiger partial charge in [0.2, 0.25) is 0 Å². The van der Waals surface area contributed by atoms with Crippen LogP contribution in [0.3, 0.4) is 0 Å². The highest BCUT2D eigenvalue weighted by molar-refractivity contribution is 5.67. The van der Waals surface area contributed by atoms with Gasteiger partial charge < -0.3 is 10.7 Å². The Morgan fingerprint density at radius 1 is 0.947 bits per heavy atom. The number of nitrogens with one attached hydrogen (secondary N) is 2. The average Bonchev–Trinajstić information content (AvgIpc) is 2.38. The SMILES string of the molecule is Cc1nc(NN)c(C)c(Nc2cccc(C)c2C)n1. The van der Waals surface area contributed by atoms with Gasteiger partial charge in [0.15, 0.2) is 0 Å². The average molecular weight is 257 g/mol. The van der Waals surface area contributed by atoms with Gasteiger partial charge in [-0.25, -0.2) is 15.8 Å². The van der Waals surface area contributed by atoms with Gasteiger partial charge in [-0.3, -0.25) is 0 Å². The number of hydrogen-bond acceptors (Lipinski definition) is 5. The maximum atomic E-state index is 5.47. The molecule has 2 aromatic rings. The Morgan fingerprint density at radius 2 is 1.63 bits per heavy atom. The summed E-state index contributed by atoms with van der Waals surface area (Å²) in [5.41, 5.74) is 6.99. The number of rotatable bonds is 3. The van der Waals surface area contributed by atoms with Gasteiger partial charge in [0, 0.05) is 11.3 Å². The zero-order chi connectivity index (χ0) is 14.0. The number of benzene rings is 1. The van der Waals surface area contributed by atoms with E-state index in [0.717, 1.165) is 17.1 Å². The summed E-state index contributed by atoms with van der Waals surface area (Å²) in [5, 5.41) is 3.35. The first-order valence-corrected chi connectivity index (χ1v) is 6.18. The van der Waals surface area contributed by atoms with Crippen LogP contribution in [-0.2, 0) is 0 Å². The molecule has 5 heteroatoms. The minimum atomic E-state index is 0.639. The van der Waals surface area contributed by atoms with E-state index in [2.05, 4.69) is 40.6 Å². The first-order valence-electron chi connectivity index (χ1n) is 6.18. The van der Waals surface area contributed by atoms with Gasteiger partial charge in [0.05, 0.1) is 0 Å². The first kappa shape index (κ1) is 13.3. The summed E-state index contributed by atoms with van der Waals surface area (Å²) in [6, 6.07) is 6.15. The van der Waals surface area contributed by atoms with E-state index >= 15 is 0 Å². The molecule has 0 saturated carbocycles. The Morgan fingerprint density at radius 3 is 2.32 bits per heavy atom. The Hall–Kier alpha value is -2.14. The lowest BCUT2D eigenvalue weighted by Gasteiger charge is -2.15. The van der Waals surface area contributed by atoms with Crippen molar-refractivity contribution in [3.05, 3.63) is 40.7 Å². The molecule has 4 N–H and O–H groups in total. The zero-order valence-corrected chi connectivity index (χ0v) is 11.7. The highest BCUT2D eigenvalue weighted by atomic mass is 15.3. The second-order valence-corrected chi connectivity index (χ2v) is 4.61. The molecule has 0 radical (unpaired) electrons. The molecule has 100 valence electrons. The highest BCUT2D eigenvalue weighted by Gasteiger charge is 2.09. The predicted octanol–water partition coefficient (Wildman–Crippen LogP) is 2.74. The summed E-state index contributed by atoms with van der Waals surface area (Å²) in [4.78, 5) is 8.68. The maximum Gasteiger partial charge on any atom is 0.148 e. The minimum Gasteiger partial charge on any atom is -0.340 e. The van der Waals surface area contributed by atoms with E-state index in [1.165, 1.54) is 11.1 Å². The summed E-state index contributed by atoms with van der Waals surface area (Å²) >= 11 is 0. The van der Waals surface area contributed by atoms with Crippen molar-refractivity contribution in [3.8, 4) is 0 Å². The second kappa shape index (κ2) is 5.24. The van der Waals surface area contributed by atoms with E-state index in [1.54, 1.807) is 0 Å². The number of aryl methyl sites for hydroxylation is 2. The van der Waals surface area contributed by atoms with E-state index in [4.69, 9.17) is 5.84 Å². The molecular weight excluding hydrogens is 238 g/mol. The predicted molar refractivity (Wildman–Crippen MR) is 78.5 cm³/mol. The molecular formula is C14H19N5. The van der Waals surface area contributed by atoms with Crippen LogP contribution in [0, 0.1) is 27.7 Å². The first-order chi connectivity index (χ1) is 9.02. The van der Waals surface area contributed by atoms with Crippen molar-refractivity contribution in [1.82, 2.24) is 9.97 Å². The summed E-state index contributed by atoms with van der Waals surface area (Å²) in [6.45, 7) is 7.95. The molecule has 0 aliphatic carbocycles. The topological polar surface area (TPSA) is 75.9 Å². The van der Waals surface area contributed by atoms with Crippen LogP contribution in [-0.4, -0.2) is 9.97 Å². The van der Waals surface area contributed by atoms with Crippen molar-refractivity contribution in [2.75, 3.05) is 10.7 Å². The summed E-state index contributed by atoms with van der Waals surface area (Å²) in [5.74, 6) is 7.55. The molecule has 19 heavy (non-hydrogen) atoms. The molecule has 0 atom stereocenters. The number of nitrogens with two attached hydrogens (primary N) is 1. The second-order valence-electron chi connectivity index (χ2n) is 4.61. The van der Waals surface area contributed by atoms with Gasteiger partial charge >= 0.3 is 0 Å². The van der Waals surface area contributed by atoms with Crippen molar-refractivity contribution in [2.45, 2.75) is 27.7 Å². The minimum absolute atomic E-state index is 0.639. The third-order valence-corrected chi connectivity index (χ3v) is 3.25. The van der Waals surface area contributed by atoms with E-state index in [1.807, 2.05) is 26.0 Å². The van der Waals surface area contributed by atoms with Gasteiger partial charge in [-0.2, -0.15) is 0 Å². The lowest BCUT2D eigenvalue weighted by molar-refractivity contribution is 1.02. The number of hydrogen-bond donors (Lipinski definition) is 3. The number of anilines is 3. The zero-order valence-electron chi connectivity index (χ0n) is 11.7. The smallest absolute Gasteiger partial charge is 0.148 e. The molecule has 1 heterocycles. The number of nitrogen functional groups attached to an aromatic ring is 1. The van der Waals surface area contributed by atoms with Crippen LogP contribution >= 0.6 is 0 Å². The Bertz CT molecular complexity index is 607. The quantitative estimate of drug-likeness (QED) is 0.582. The Labute approximate surface area is 113 Å². The Balaban J connectivity index is 2.43. The van der Waals surface area contributed by atoms with Gasteiger partial charge in [0.25, 0.3) is 0 Å². The van der Waals surface area contributed by atoms with Crippen LogP contribution in [0.2, 0.25) is 0 Å². The molecule has 0 saturated heterocycles. The van der Waals surface area contributed by atoms with Crippen LogP contribution in [0.4, 0.5) is 17.3 Å². The highest BCUT2D eigenvalue weighted by Crippen LogP contribution is 2.26. The summed E-state index contributed by atoms with van der Waals surface area (Å²) < 4.78 is 0. The van der Waals surface area contributed by atoms with E-state index < -0.39 is 0 Å². The lowest BCUT2D eigenvalue weighted by atomic mass is 10.1. The van der Waals surface area contributed by atoms with Crippen molar-refractivity contribution in [2.24, 2.45) is 5.84 Å². The number of nitrogens with zero attached hydrogens (tertiary/aromatic N) is 2. The van der Waals surface area contributed by atoms with Crippen LogP contribution < -0.4 is 16.6 Å². The van der Waals surface area contributed by atoms with Crippen LogP contribution in [0.5, 0.6) is 0 Å². The number of hydrazine groups is 1. The van der Waals surface area contributed by atoms with Crippen molar-refractivity contribution >= 4 is 17.3 Å². The molecule has 1 aromatic heterocycles. The number of aromatic nitrogens is 2. The van der Waals surface area contributed by atoms with Crippen LogP contribution in [0.15, 0.2) is 18.2 Å². The third-order valence-electron chi connectivity index (χ3n) is 3.25. The lowest BCUT2D eigenvalue weighted by Crippen LogP contribution is -2.13. The van der Waals surface area contributed by atoms with Crippen molar-refractivity contribution < 1.29 is 0 Å². The molecule has 0 unspecified atom stereocenters. The standard InChI is InChI=1S/C14H19N5/c1-8-6-5-7-12(9(8)2)18-13-10(3)14(19-15)17-11(4)16-13/h5-7H,15H2,1-4H3,(H2,16,17,18,19). The van der Waals surface area contributed by atoms with E-state index in [0.29, 0.717) is 11.6 Å². The molecule has 0 bridgehead atoms. The molecule has 0 amide bonds. The largest absolute Gasteiger partial charge is 0.340 e.